The normalized spacial score (nSPS) is 12.3. The molecule has 1 atom stereocenters. The van der Waals surface area contributed by atoms with Gasteiger partial charge in [-0.15, -0.1) is 10.2 Å². The first kappa shape index (κ1) is 19.9. The summed E-state index contributed by atoms with van der Waals surface area (Å²) in [5, 5.41) is 10.0. The van der Waals surface area contributed by atoms with E-state index in [1.807, 2.05) is 18.2 Å². The Morgan fingerprint density at radius 3 is 2.39 bits per heavy atom. The van der Waals surface area contributed by atoms with E-state index in [1.165, 1.54) is 0 Å². The summed E-state index contributed by atoms with van der Waals surface area (Å²) in [5.41, 5.74) is 0.437. The van der Waals surface area contributed by atoms with Crippen molar-refractivity contribution in [1.82, 2.24) is 14.9 Å². The van der Waals surface area contributed by atoms with Crippen molar-refractivity contribution in [1.29, 1.82) is 0 Å². The van der Waals surface area contributed by atoms with E-state index in [1.54, 1.807) is 49.4 Å². The van der Waals surface area contributed by atoms with Crippen molar-refractivity contribution in [3.8, 4) is 5.75 Å². The van der Waals surface area contributed by atoms with Gasteiger partial charge in [-0.3, -0.25) is 10.1 Å². The molecule has 0 aliphatic carbocycles. The second kappa shape index (κ2) is 8.91. The Morgan fingerprint density at radius 2 is 1.71 bits per heavy atom. The van der Waals surface area contributed by atoms with E-state index in [4.69, 9.17) is 4.74 Å². The number of anilines is 1. The summed E-state index contributed by atoms with van der Waals surface area (Å²) in [6, 6.07) is 17.1. The summed E-state index contributed by atoms with van der Waals surface area (Å²) < 4.78 is 32.7. The van der Waals surface area contributed by atoms with Crippen molar-refractivity contribution >= 4 is 32.4 Å². The zero-order valence-electron chi connectivity index (χ0n) is 14.9. The van der Waals surface area contributed by atoms with Gasteiger partial charge < -0.3 is 4.74 Å². The quantitative estimate of drug-likeness (QED) is 0.544. The first-order valence-electron chi connectivity index (χ1n) is 8.34. The molecule has 3 rings (SSSR count). The van der Waals surface area contributed by atoms with Gasteiger partial charge >= 0.3 is 0 Å². The molecule has 0 saturated heterocycles. The van der Waals surface area contributed by atoms with Crippen molar-refractivity contribution in [2.75, 3.05) is 11.9 Å². The third-order valence-corrected chi connectivity index (χ3v) is 6.29. The van der Waals surface area contributed by atoms with E-state index in [2.05, 4.69) is 20.2 Å². The average Bonchev–Trinajstić information content (AvgIpc) is 3.17. The molecule has 0 spiro atoms. The minimum atomic E-state index is -3.88. The summed E-state index contributed by atoms with van der Waals surface area (Å²) in [7, 11) is -3.88. The van der Waals surface area contributed by atoms with Crippen LogP contribution in [0.25, 0.3) is 0 Å². The summed E-state index contributed by atoms with van der Waals surface area (Å²) >= 11 is 0.774. The number of aromatic nitrogens is 2. The Morgan fingerprint density at radius 1 is 1.07 bits per heavy atom. The molecule has 1 amide bonds. The van der Waals surface area contributed by atoms with E-state index in [0.29, 0.717) is 11.3 Å². The van der Waals surface area contributed by atoms with Gasteiger partial charge in [-0.1, -0.05) is 47.7 Å². The molecule has 1 aromatic heterocycles. The number of nitrogens with one attached hydrogen (secondary N) is 2. The van der Waals surface area contributed by atoms with Crippen molar-refractivity contribution in [3.63, 3.8) is 0 Å². The maximum atomic E-state index is 12.5. The van der Waals surface area contributed by atoms with Crippen molar-refractivity contribution in [2.24, 2.45) is 0 Å². The van der Waals surface area contributed by atoms with Gasteiger partial charge in [0.25, 0.3) is 15.9 Å². The second-order valence-corrected chi connectivity index (χ2v) is 8.70. The van der Waals surface area contributed by atoms with Crippen LogP contribution in [0.3, 0.4) is 0 Å². The lowest BCUT2D eigenvalue weighted by Crippen LogP contribution is -2.36. The van der Waals surface area contributed by atoms with Gasteiger partial charge in [0.05, 0.1) is 6.04 Å². The number of amides is 1. The molecule has 8 nitrogen and oxygen atoms in total. The van der Waals surface area contributed by atoms with E-state index in [9.17, 15) is 13.2 Å². The summed E-state index contributed by atoms with van der Waals surface area (Å²) in [6.07, 6.45) is 0. The van der Waals surface area contributed by atoms with Crippen molar-refractivity contribution < 1.29 is 17.9 Å². The van der Waals surface area contributed by atoms with Crippen LogP contribution in [-0.2, 0) is 10.0 Å². The summed E-state index contributed by atoms with van der Waals surface area (Å²) in [4.78, 5) is 12.1. The average molecular weight is 419 g/mol. The van der Waals surface area contributed by atoms with E-state index >= 15 is 0 Å². The zero-order chi connectivity index (χ0) is 20.0. The highest BCUT2D eigenvalue weighted by Gasteiger charge is 2.23. The number of nitrogens with zero attached hydrogens (tertiary/aromatic N) is 2. The smallest absolute Gasteiger partial charge is 0.270 e. The molecule has 0 unspecified atom stereocenters. The molecule has 146 valence electrons. The van der Waals surface area contributed by atoms with E-state index in [-0.39, 0.29) is 16.1 Å². The number of hydrogen-bond donors (Lipinski definition) is 2. The molecule has 2 aromatic carbocycles. The Hall–Kier alpha value is -2.82. The molecule has 2 N–H and O–H groups in total. The standard InChI is InChI=1S/C18H18N4O4S2/c1-13(12-26-15-10-6-3-7-11-15)22-28(24,25)18-21-20-17(27-18)19-16(23)14-8-4-2-5-9-14/h2-11,13,22H,12H2,1H3,(H,19,20,23)/t13-/m0/s1. The summed E-state index contributed by atoms with van der Waals surface area (Å²) in [6.45, 7) is 1.83. The van der Waals surface area contributed by atoms with Gasteiger partial charge in [-0.25, -0.2) is 13.1 Å². The van der Waals surface area contributed by atoms with Crippen LogP contribution >= 0.6 is 11.3 Å². The molecular weight excluding hydrogens is 400 g/mol. The predicted molar refractivity (Wildman–Crippen MR) is 106 cm³/mol. The first-order valence-corrected chi connectivity index (χ1v) is 10.6. The van der Waals surface area contributed by atoms with Gasteiger partial charge in [-0.2, -0.15) is 0 Å². The van der Waals surface area contributed by atoms with Crippen molar-refractivity contribution in [2.45, 2.75) is 17.3 Å². The highest BCUT2D eigenvalue weighted by atomic mass is 32.2. The molecule has 10 heteroatoms. The van der Waals surface area contributed by atoms with E-state index in [0.717, 1.165) is 11.3 Å². The molecule has 3 aromatic rings. The van der Waals surface area contributed by atoms with Gasteiger partial charge in [0.1, 0.15) is 12.4 Å². The third-order valence-electron chi connectivity index (χ3n) is 3.49. The van der Waals surface area contributed by atoms with Gasteiger partial charge in [-0.05, 0) is 31.2 Å². The number of ether oxygens (including phenoxy) is 1. The van der Waals surface area contributed by atoms with Crippen LogP contribution in [0, 0.1) is 0 Å². The van der Waals surface area contributed by atoms with Crippen LogP contribution in [0.1, 0.15) is 17.3 Å². The number of carbonyl (C=O) groups is 1. The van der Waals surface area contributed by atoms with Gasteiger partial charge in [0.2, 0.25) is 9.47 Å². The molecule has 0 fully saturated rings. The monoisotopic (exact) mass is 418 g/mol. The zero-order valence-corrected chi connectivity index (χ0v) is 16.5. The topological polar surface area (TPSA) is 110 Å². The molecule has 0 aliphatic heterocycles. The number of sulfonamides is 1. The number of hydrogen-bond acceptors (Lipinski definition) is 7. The first-order chi connectivity index (χ1) is 13.4. The van der Waals surface area contributed by atoms with Crippen molar-refractivity contribution in [3.05, 3.63) is 66.2 Å². The number of para-hydroxylation sites is 1. The van der Waals surface area contributed by atoms with Crippen LogP contribution < -0.4 is 14.8 Å². The van der Waals surface area contributed by atoms with Crippen LogP contribution in [0.4, 0.5) is 5.13 Å². The fourth-order valence-corrected chi connectivity index (χ4v) is 4.35. The summed E-state index contributed by atoms with van der Waals surface area (Å²) in [5.74, 6) is 0.258. The SMILES string of the molecule is C[C@@H](COc1ccccc1)NS(=O)(=O)c1nnc(NC(=O)c2ccccc2)s1. The minimum Gasteiger partial charge on any atom is -0.492 e. The lowest BCUT2D eigenvalue weighted by Gasteiger charge is -2.13. The molecule has 0 saturated carbocycles. The molecule has 28 heavy (non-hydrogen) atoms. The number of benzene rings is 2. The largest absolute Gasteiger partial charge is 0.492 e. The number of carbonyl (C=O) groups excluding carboxylic acids is 1. The van der Waals surface area contributed by atoms with Crippen LogP contribution in [-0.4, -0.2) is 37.2 Å². The van der Waals surface area contributed by atoms with Gasteiger partial charge in [0.15, 0.2) is 0 Å². The molecule has 0 bridgehead atoms. The fraction of sp³-hybridized carbons (Fsp3) is 0.167. The highest BCUT2D eigenvalue weighted by molar-refractivity contribution is 7.91. The lowest BCUT2D eigenvalue weighted by atomic mass is 10.2. The Bertz CT molecular complexity index is 1020. The molecule has 0 radical (unpaired) electrons. The Balaban J connectivity index is 1.59. The minimum absolute atomic E-state index is 0.0995. The maximum absolute atomic E-state index is 12.5. The highest BCUT2D eigenvalue weighted by Crippen LogP contribution is 2.21. The third kappa shape index (κ3) is 5.35. The van der Waals surface area contributed by atoms with Crippen LogP contribution in [0.5, 0.6) is 5.75 Å². The number of rotatable bonds is 8. The van der Waals surface area contributed by atoms with Crippen LogP contribution in [0.15, 0.2) is 65.0 Å². The lowest BCUT2D eigenvalue weighted by molar-refractivity contribution is 0.102. The maximum Gasteiger partial charge on any atom is 0.270 e. The van der Waals surface area contributed by atoms with Crippen LogP contribution in [0.2, 0.25) is 0 Å². The molecule has 1 heterocycles. The predicted octanol–water partition coefficient (Wildman–Crippen LogP) is 2.54. The Labute approximate surface area is 166 Å². The fourth-order valence-electron chi connectivity index (χ4n) is 2.21. The van der Waals surface area contributed by atoms with E-state index < -0.39 is 22.0 Å². The molecule has 0 aliphatic rings. The Kier molecular flexibility index (Phi) is 6.34. The molecular formula is C18H18N4O4S2. The van der Waals surface area contributed by atoms with Gasteiger partial charge in [0, 0.05) is 5.56 Å². The second-order valence-electron chi connectivity index (χ2n) is 5.84.